The number of hydrogen-bond donors (Lipinski definition) is 1. The van der Waals surface area contributed by atoms with Crippen molar-refractivity contribution in [2.45, 2.75) is 45.6 Å². The third-order valence-corrected chi connectivity index (χ3v) is 2.62. The van der Waals surface area contributed by atoms with E-state index in [1.807, 2.05) is 0 Å². The zero-order chi connectivity index (χ0) is 10.8. The minimum absolute atomic E-state index is 0.178. The van der Waals surface area contributed by atoms with Crippen molar-refractivity contribution in [1.82, 2.24) is 0 Å². The standard InChI is InChI=1S/C13H21N/c1-5-12(14)10-7-6-8-11(9-10)13(2,3)4/h6-9,12H,5,14H2,1-4H3/t12-/m1/s1. The summed E-state index contributed by atoms with van der Waals surface area (Å²) in [6, 6.07) is 8.80. The minimum atomic E-state index is 0.178. The van der Waals surface area contributed by atoms with E-state index in [1.165, 1.54) is 11.1 Å². The predicted molar refractivity (Wildman–Crippen MR) is 62.4 cm³/mol. The van der Waals surface area contributed by atoms with Gasteiger partial charge >= 0.3 is 0 Å². The van der Waals surface area contributed by atoms with Gasteiger partial charge in [0.15, 0.2) is 0 Å². The van der Waals surface area contributed by atoms with Crippen LogP contribution in [0.5, 0.6) is 0 Å². The first-order valence-electron chi connectivity index (χ1n) is 5.31. The molecule has 1 nitrogen and oxygen atoms in total. The highest BCUT2D eigenvalue weighted by molar-refractivity contribution is 5.30. The van der Waals surface area contributed by atoms with Gasteiger partial charge in [0, 0.05) is 6.04 Å². The second-order valence-electron chi connectivity index (χ2n) is 4.89. The number of rotatable bonds is 2. The number of nitrogens with two attached hydrogens (primary N) is 1. The van der Waals surface area contributed by atoms with Gasteiger partial charge in [-0.1, -0.05) is 52.0 Å². The van der Waals surface area contributed by atoms with Crippen molar-refractivity contribution in [2.75, 3.05) is 0 Å². The molecule has 0 amide bonds. The molecule has 0 fully saturated rings. The smallest absolute Gasteiger partial charge is 0.0292 e. The Morgan fingerprint density at radius 3 is 2.43 bits per heavy atom. The fourth-order valence-corrected chi connectivity index (χ4v) is 1.47. The van der Waals surface area contributed by atoms with E-state index >= 15 is 0 Å². The monoisotopic (exact) mass is 191 g/mol. The Morgan fingerprint density at radius 2 is 1.93 bits per heavy atom. The highest BCUT2D eigenvalue weighted by Crippen LogP contribution is 2.25. The lowest BCUT2D eigenvalue weighted by Crippen LogP contribution is -2.14. The average molecular weight is 191 g/mol. The second-order valence-corrected chi connectivity index (χ2v) is 4.89. The quantitative estimate of drug-likeness (QED) is 0.762. The fourth-order valence-electron chi connectivity index (χ4n) is 1.47. The van der Waals surface area contributed by atoms with Crippen LogP contribution in [0.1, 0.15) is 51.3 Å². The Bertz CT molecular complexity index is 296. The molecular weight excluding hydrogens is 170 g/mol. The molecule has 0 saturated carbocycles. The molecule has 0 aliphatic heterocycles. The first kappa shape index (κ1) is 11.3. The van der Waals surface area contributed by atoms with Crippen LogP contribution in [0.4, 0.5) is 0 Å². The fraction of sp³-hybridized carbons (Fsp3) is 0.538. The maximum absolute atomic E-state index is 6.01. The third kappa shape index (κ3) is 2.58. The lowest BCUT2D eigenvalue weighted by Gasteiger charge is -2.21. The van der Waals surface area contributed by atoms with Crippen LogP contribution in [0.3, 0.4) is 0 Å². The van der Waals surface area contributed by atoms with Crippen molar-refractivity contribution < 1.29 is 0 Å². The van der Waals surface area contributed by atoms with Gasteiger partial charge in [-0.05, 0) is 23.0 Å². The lowest BCUT2D eigenvalue weighted by molar-refractivity contribution is 0.586. The van der Waals surface area contributed by atoms with Crippen LogP contribution in [-0.2, 0) is 5.41 Å². The molecule has 1 aromatic carbocycles. The Hall–Kier alpha value is -0.820. The van der Waals surface area contributed by atoms with Gasteiger partial charge in [0.25, 0.3) is 0 Å². The summed E-state index contributed by atoms with van der Waals surface area (Å²) >= 11 is 0. The van der Waals surface area contributed by atoms with Gasteiger partial charge in [0.1, 0.15) is 0 Å². The van der Waals surface area contributed by atoms with Gasteiger partial charge in [-0.3, -0.25) is 0 Å². The molecule has 1 atom stereocenters. The van der Waals surface area contributed by atoms with Crippen LogP contribution < -0.4 is 5.73 Å². The van der Waals surface area contributed by atoms with Crippen LogP contribution >= 0.6 is 0 Å². The maximum atomic E-state index is 6.01. The highest BCUT2D eigenvalue weighted by atomic mass is 14.6. The normalized spacial score (nSPS) is 14.1. The zero-order valence-corrected chi connectivity index (χ0v) is 9.67. The summed E-state index contributed by atoms with van der Waals surface area (Å²) in [5.41, 5.74) is 8.83. The summed E-state index contributed by atoms with van der Waals surface area (Å²) in [5.74, 6) is 0. The molecule has 0 aromatic heterocycles. The molecule has 14 heavy (non-hydrogen) atoms. The molecule has 0 unspecified atom stereocenters. The van der Waals surface area contributed by atoms with Crippen LogP contribution in [0.2, 0.25) is 0 Å². The summed E-state index contributed by atoms with van der Waals surface area (Å²) in [6.45, 7) is 8.80. The molecule has 0 radical (unpaired) electrons. The summed E-state index contributed by atoms with van der Waals surface area (Å²) < 4.78 is 0. The largest absolute Gasteiger partial charge is 0.324 e. The SMILES string of the molecule is CC[C@@H](N)c1cccc(C(C)(C)C)c1. The molecule has 2 N–H and O–H groups in total. The first-order valence-corrected chi connectivity index (χ1v) is 5.31. The van der Waals surface area contributed by atoms with Crippen LogP contribution in [0.15, 0.2) is 24.3 Å². The van der Waals surface area contributed by atoms with E-state index in [9.17, 15) is 0 Å². The molecule has 0 aliphatic rings. The molecule has 0 heterocycles. The number of benzene rings is 1. The molecule has 0 bridgehead atoms. The minimum Gasteiger partial charge on any atom is -0.324 e. The maximum Gasteiger partial charge on any atom is 0.0292 e. The van der Waals surface area contributed by atoms with Crippen LogP contribution in [-0.4, -0.2) is 0 Å². The van der Waals surface area contributed by atoms with E-state index in [0.29, 0.717) is 0 Å². The first-order chi connectivity index (χ1) is 6.45. The molecule has 78 valence electrons. The molecule has 1 aromatic rings. The summed E-state index contributed by atoms with van der Waals surface area (Å²) in [5, 5.41) is 0. The molecular formula is C13H21N. The van der Waals surface area contributed by atoms with Gasteiger partial charge in [-0.25, -0.2) is 0 Å². The van der Waals surface area contributed by atoms with Crippen LogP contribution in [0.25, 0.3) is 0 Å². The Kier molecular flexibility index (Phi) is 3.33. The zero-order valence-electron chi connectivity index (χ0n) is 9.67. The molecule has 1 rings (SSSR count). The van der Waals surface area contributed by atoms with Gasteiger partial charge in [-0.15, -0.1) is 0 Å². The molecule has 0 spiro atoms. The van der Waals surface area contributed by atoms with Crippen molar-refractivity contribution in [3.05, 3.63) is 35.4 Å². The number of hydrogen-bond acceptors (Lipinski definition) is 1. The Labute approximate surface area is 87.3 Å². The summed E-state index contributed by atoms with van der Waals surface area (Å²) in [4.78, 5) is 0. The van der Waals surface area contributed by atoms with Crippen molar-refractivity contribution in [3.63, 3.8) is 0 Å². The van der Waals surface area contributed by atoms with Gasteiger partial charge in [0.2, 0.25) is 0 Å². The van der Waals surface area contributed by atoms with Crippen molar-refractivity contribution >= 4 is 0 Å². The van der Waals surface area contributed by atoms with Crippen LogP contribution in [0, 0.1) is 0 Å². The van der Waals surface area contributed by atoms with Crippen molar-refractivity contribution in [1.29, 1.82) is 0 Å². The molecule has 1 heteroatoms. The second kappa shape index (κ2) is 4.14. The van der Waals surface area contributed by atoms with Crippen molar-refractivity contribution in [2.24, 2.45) is 5.73 Å². The Balaban J connectivity index is 3.01. The summed E-state index contributed by atoms with van der Waals surface area (Å²) in [6.07, 6.45) is 0.994. The lowest BCUT2D eigenvalue weighted by atomic mass is 9.85. The summed E-state index contributed by atoms with van der Waals surface area (Å²) in [7, 11) is 0. The van der Waals surface area contributed by atoms with Gasteiger partial charge in [0.05, 0.1) is 0 Å². The molecule has 0 aliphatic carbocycles. The van der Waals surface area contributed by atoms with Gasteiger partial charge in [-0.2, -0.15) is 0 Å². The topological polar surface area (TPSA) is 26.0 Å². The predicted octanol–water partition coefficient (Wildman–Crippen LogP) is 3.39. The van der Waals surface area contributed by atoms with E-state index in [2.05, 4.69) is 52.0 Å². The van der Waals surface area contributed by atoms with E-state index in [1.54, 1.807) is 0 Å². The Morgan fingerprint density at radius 1 is 1.29 bits per heavy atom. The van der Waals surface area contributed by atoms with E-state index in [-0.39, 0.29) is 11.5 Å². The van der Waals surface area contributed by atoms with E-state index in [4.69, 9.17) is 5.73 Å². The van der Waals surface area contributed by atoms with E-state index in [0.717, 1.165) is 6.42 Å². The van der Waals surface area contributed by atoms with Crippen molar-refractivity contribution in [3.8, 4) is 0 Å². The highest BCUT2D eigenvalue weighted by Gasteiger charge is 2.14. The third-order valence-electron chi connectivity index (χ3n) is 2.62. The van der Waals surface area contributed by atoms with E-state index < -0.39 is 0 Å². The molecule has 0 saturated heterocycles. The average Bonchev–Trinajstić information content (AvgIpc) is 2.15. The van der Waals surface area contributed by atoms with Gasteiger partial charge < -0.3 is 5.73 Å².